The van der Waals surface area contributed by atoms with Gasteiger partial charge in [-0.2, -0.15) is 4.98 Å². The molecule has 8 nitrogen and oxygen atoms in total. The van der Waals surface area contributed by atoms with E-state index in [0.717, 1.165) is 25.0 Å². The van der Waals surface area contributed by atoms with Gasteiger partial charge in [-0.15, -0.1) is 5.10 Å². The fourth-order valence-electron chi connectivity index (χ4n) is 3.62. The van der Waals surface area contributed by atoms with Crippen LogP contribution in [0.15, 0.2) is 12.3 Å². The average Bonchev–Trinajstić information content (AvgIpc) is 3.06. The molecule has 0 radical (unpaired) electrons. The van der Waals surface area contributed by atoms with Crippen LogP contribution < -0.4 is 5.32 Å². The topological polar surface area (TPSA) is 109 Å². The van der Waals surface area contributed by atoms with Gasteiger partial charge in [-0.25, -0.2) is 9.50 Å². The number of hydrogen-bond acceptors (Lipinski definition) is 5. The van der Waals surface area contributed by atoms with E-state index >= 15 is 0 Å². The molecule has 140 valence electrons. The summed E-state index contributed by atoms with van der Waals surface area (Å²) in [4.78, 5) is 31.8. The van der Waals surface area contributed by atoms with E-state index in [1.807, 2.05) is 6.92 Å². The van der Waals surface area contributed by atoms with Crippen molar-refractivity contribution < 1.29 is 14.7 Å². The minimum atomic E-state index is -0.849. The number of nitrogens with one attached hydrogen (secondary N) is 1. The highest BCUT2D eigenvalue weighted by molar-refractivity contribution is 5.91. The summed E-state index contributed by atoms with van der Waals surface area (Å²) in [5.74, 6) is -0.235. The van der Waals surface area contributed by atoms with Crippen LogP contribution in [0.4, 0.5) is 0 Å². The SMILES string of the molecule is Cc1ccnc2nc(C(=O)NC(CCC(=O)O)CC3CCCCC3)nn12. The molecule has 1 aliphatic rings. The van der Waals surface area contributed by atoms with Crippen molar-refractivity contribution >= 4 is 17.7 Å². The number of carbonyl (C=O) groups excluding carboxylic acids is 1. The largest absolute Gasteiger partial charge is 0.481 e. The molecule has 26 heavy (non-hydrogen) atoms. The molecule has 1 atom stereocenters. The van der Waals surface area contributed by atoms with Gasteiger partial charge >= 0.3 is 5.97 Å². The second kappa shape index (κ2) is 8.25. The summed E-state index contributed by atoms with van der Waals surface area (Å²) >= 11 is 0. The highest BCUT2D eigenvalue weighted by Crippen LogP contribution is 2.28. The Hall–Kier alpha value is -2.51. The summed E-state index contributed by atoms with van der Waals surface area (Å²) in [6, 6.07) is 1.62. The Labute approximate surface area is 152 Å². The Morgan fingerprint density at radius 3 is 2.81 bits per heavy atom. The normalized spacial score (nSPS) is 16.5. The number of hydrogen-bond donors (Lipinski definition) is 2. The number of carboxylic acids is 1. The Morgan fingerprint density at radius 2 is 2.12 bits per heavy atom. The van der Waals surface area contributed by atoms with Crippen molar-refractivity contribution in [2.45, 2.75) is 64.3 Å². The summed E-state index contributed by atoms with van der Waals surface area (Å²) in [6.07, 6.45) is 8.87. The number of aryl methyl sites for hydroxylation is 1. The number of aliphatic carboxylic acids is 1. The Morgan fingerprint density at radius 1 is 1.35 bits per heavy atom. The molecule has 0 aromatic carbocycles. The van der Waals surface area contributed by atoms with Crippen molar-refractivity contribution in [2.24, 2.45) is 5.92 Å². The van der Waals surface area contributed by atoms with Crippen molar-refractivity contribution in [1.29, 1.82) is 0 Å². The summed E-state index contributed by atoms with van der Waals surface area (Å²) < 4.78 is 1.53. The van der Waals surface area contributed by atoms with Crippen molar-refractivity contribution in [3.05, 3.63) is 23.8 Å². The van der Waals surface area contributed by atoms with Crippen molar-refractivity contribution in [2.75, 3.05) is 0 Å². The Balaban J connectivity index is 1.69. The smallest absolute Gasteiger partial charge is 0.303 e. The average molecular weight is 359 g/mol. The first kappa shape index (κ1) is 18.3. The van der Waals surface area contributed by atoms with E-state index in [1.165, 1.54) is 23.8 Å². The lowest BCUT2D eigenvalue weighted by atomic mass is 9.84. The molecule has 1 saturated carbocycles. The molecule has 2 aromatic heterocycles. The van der Waals surface area contributed by atoms with Gasteiger partial charge in [0.15, 0.2) is 0 Å². The number of fused-ring (bicyclic) bond motifs is 1. The van der Waals surface area contributed by atoms with Crippen LogP contribution in [-0.2, 0) is 4.79 Å². The summed E-state index contributed by atoms with van der Waals surface area (Å²) in [7, 11) is 0. The zero-order valence-electron chi connectivity index (χ0n) is 15.0. The number of carbonyl (C=O) groups is 2. The molecule has 2 aromatic rings. The van der Waals surface area contributed by atoms with Crippen LogP contribution in [0.3, 0.4) is 0 Å². The Bertz CT molecular complexity index is 782. The van der Waals surface area contributed by atoms with Crippen molar-refractivity contribution in [3.8, 4) is 0 Å². The van der Waals surface area contributed by atoms with E-state index in [4.69, 9.17) is 5.11 Å². The van der Waals surface area contributed by atoms with E-state index in [-0.39, 0.29) is 24.2 Å². The molecule has 0 saturated heterocycles. The van der Waals surface area contributed by atoms with Gasteiger partial charge in [-0.3, -0.25) is 9.59 Å². The van der Waals surface area contributed by atoms with Gasteiger partial charge < -0.3 is 10.4 Å². The maximum absolute atomic E-state index is 12.6. The third-order valence-corrected chi connectivity index (χ3v) is 5.02. The van der Waals surface area contributed by atoms with Crippen LogP contribution in [0.1, 0.15) is 67.7 Å². The predicted molar refractivity (Wildman–Crippen MR) is 94.8 cm³/mol. The number of aromatic nitrogens is 4. The second-order valence-electron chi connectivity index (χ2n) is 7.08. The molecule has 8 heteroatoms. The second-order valence-corrected chi connectivity index (χ2v) is 7.08. The van der Waals surface area contributed by atoms with E-state index in [9.17, 15) is 9.59 Å². The molecule has 1 aliphatic carbocycles. The number of nitrogens with zero attached hydrogens (tertiary/aromatic N) is 4. The van der Waals surface area contributed by atoms with Gasteiger partial charge in [0, 0.05) is 24.4 Å². The Kier molecular flexibility index (Phi) is 5.80. The fraction of sp³-hybridized carbons (Fsp3) is 0.611. The van der Waals surface area contributed by atoms with Gasteiger partial charge in [0.1, 0.15) is 0 Å². The lowest BCUT2D eigenvalue weighted by molar-refractivity contribution is -0.137. The van der Waals surface area contributed by atoms with E-state index in [2.05, 4.69) is 20.4 Å². The first-order chi connectivity index (χ1) is 12.5. The van der Waals surface area contributed by atoms with Gasteiger partial charge in [0.05, 0.1) is 0 Å². The molecule has 1 unspecified atom stereocenters. The van der Waals surface area contributed by atoms with Crippen LogP contribution in [0.25, 0.3) is 5.78 Å². The monoisotopic (exact) mass is 359 g/mol. The third kappa shape index (κ3) is 4.56. The van der Waals surface area contributed by atoms with Crippen molar-refractivity contribution in [1.82, 2.24) is 24.9 Å². The van der Waals surface area contributed by atoms with Crippen LogP contribution in [-0.4, -0.2) is 42.6 Å². The van der Waals surface area contributed by atoms with E-state index in [1.54, 1.807) is 12.3 Å². The molecule has 2 N–H and O–H groups in total. The summed E-state index contributed by atoms with van der Waals surface area (Å²) in [6.45, 7) is 1.86. The first-order valence-corrected chi connectivity index (χ1v) is 9.24. The maximum atomic E-state index is 12.6. The van der Waals surface area contributed by atoms with Crippen LogP contribution >= 0.6 is 0 Å². The van der Waals surface area contributed by atoms with E-state index < -0.39 is 5.97 Å². The molecule has 1 fully saturated rings. The zero-order valence-corrected chi connectivity index (χ0v) is 15.0. The van der Waals surface area contributed by atoms with Gasteiger partial charge in [-0.05, 0) is 31.7 Å². The fourth-order valence-corrected chi connectivity index (χ4v) is 3.62. The minimum absolute atomic E-state index is 0.0386. The zero-order chi connectivity index (χ0) is 18.5. The number of carboxylic acid groups (broad SMARTS) is 1. The summed E-state index contributed by atoms with van der Waals surface area (Å²) in [5.41, 5.74) is 0.839. The lowest BCUT2D eigenvalue weighted by Gasteiger charge is -2.26. The molecule has 3 rings (SSSR count). The van der Waals surface area contributed by atoms with Gasteiger partial charge in [-0.1, -0.05) is 32.1 Å². The standard InChI is InChI=1S/C18H25N5O3/c1-12-9-10-19-18-21-16(22-23(12)18)17(26)20-14(7-8-15(24)25)11-13-5-3-2-4-6-13/h9-10,13-14H,2-8,11H2,1H3,(H,20,26)(H,24,25). The number of rotatable bonds is 7. The van der Waals surface area contributed by atoms with Crippen LogP contribution in [0.5, 0.6) is 0 Å². The number of amides is 1. The van der Waals surface area contributed by atoms with Crippen LogP contribution in [0.2, 0.25) is 0 Å². The quantitative estimate of drug-likeness (QED) is 0.785. The molecule has 0 aliphatic heterocycles. The lowest BCUT2D eigenvalue weighted by Crippen LogP contribution is -2.37. The molecular weight excluding hydrogens is 334 g/mol. The van der Waals surface area contributed by atoms with Gasteiger partial charge in [0.2, 0.25) is 5.82 Å². The predicted octanol–water partition coefficient (Wildman–Crippen LogP) is 2.37. The minimum Gasteiger partial charge on any atom is -0.481 e. The highest BCUT2D eigenvalue weighted by Gasteiger charge is 2.23. The molecule has 1 amide bonds. The third-order valence-electron chi connectivity index (χ3n) is 5.02. The van der Waals surface area contributed by atoms with Crippen molar-refractivity contribution in [3.63, 3.8) is 0 Å². The molecular formula is C18H25N5O3. The maximum Gasteiger partial charge on any atom is 0.303 e. The summed E-state index contributed by atoms with van der Waals surface area (Å²) in [5, 5.41) is 16.2. The van der Waals surface area contributed by atoms with Gasteiger partial charge in [0.25, 0.3) is 11.7 Å². The first-order valence-electron chi connectivity index (χ1n) is 9.24. The van der Waals surface area contributed by atoms with E-state index in [0.29, 0.717) is 18.1 Å². The highest BCUT2D eigenvalue weighted by atomic mass is 16.4. The molecule has 2 heterocycles. The molecule has 0 bridgehead atoms. The van der Waals surface area contributed by atoms with Crippen LogP contribution in [0, 0.1) is 12.8 Å². The molecule has 0 spiro atoms.